The molecule has 0 spiro atoms. The first-order valence-corrected chi connectivity index (χ1v) is 10.7. The van der Waals surface area contributed by atoms with Crippen LogP contribution < -0.4 is 5.32 Å². The molecule has 8 heteroatoms. The molecule has 34 heavy (non-hydrogen) atoms. The number of carbonyl (C=O) groups is 3. The van der Waals surface area contributed by atoms with Gasteiger partial charge in [0.15, 0.2) is 0 Å². The van der Waals surface area contributed by atoms with Gasteiger partial charge >= 0.3 is 12.1 Å². The maximum absolute atomic E-state index is 14.6. The molecule has 2 amide bonds. The molecule has 1 aliphatic rings. The van der Waals surface area contributed by atoms with E-state index in [1.165, 1.54) is 26.1 Å². The number of rotatable bonds is 6. The Kier molecular flexibility index (Phi) is 6.32. The molecule has 4 rings (SSSR count). The zero-order valence-electron chi connectivity index (χ0n) is 18.6. The monoisotopic (exact) mass is 462 g/mol. The lowest BCUT2D eigenvalue weighted by Crippen LogP contribution is -2.40. The number of hydrogen-bond acceptors (Lipinski definition) is 4. The number of amides is 2. The fourth-order valence-corrected chi connectivity index (χ4v) is 4.10. The molecule has 0 saturated carbocycles. The highest BCUT2D eigenvalue weighted by molar-refractivity contribution is 6.03. The van der Waals surface area contributed by atoms with E-state index in [0.717, 1.165) is 33.2 Å². The Morgan fingerprint density at radius 1 is 1.00 bits per heavy atom. The highest BCUT2D eigenvalue weighted by atomic mass is 19.1. The average Bonchev–Trinajstić information content (AvgIpc) is 3.16. The normalized spacial score (nSPS) is 12.9. The van der Waals surface area contributed by atoms with E-state index in [1.807, 2.05) is 48.5 Å². The van der Waals surface area contributed by atoms with E-state index < -0.39 is 29.8 Å². The molecule has 0 fully saturated rings. The van der Waals surface area contributed by atoms with Crippen molar-refractivity contribution >= 4 is 23.7 Å². The van der Waals surface area contributed by atoms with Gasteiger partial charge in [-0.25, -0.2) is 14.0 Å². The molecule has 1 atom stereocenters. The number of ether oxygens (including phenoxy) is 1. The van der Waals surface area contributed by atoms with Crippen LogP contribution in [0.2, 0.25) is 0 Å². The van der Waals surface area contributed by atoms with Gasteiger partial charge in [0.05, 0.1) is 11.3 Å². The molecule has 1 aliphatic carbocycles. The van der Waals surface area contributed by atoms with E-state index in [-0.39, 0.29) is 23.8 Å². The SMILES string of the molecule is CC(C(=O)O)N(C)C(=O)c1cccc(F)c1NC(=O)OCC1c2ccccc2-c2ccccc21. The van der Waals surface area contributed by atoms with Crippen LogP contribution in [-0.2, 0) is 9.53 Å². The predicted octanol–water partition coefficient (Wildman–Crippen LogP) is 4.73. The first-order valence-electron chi connectivity index (χ1n) is 10.7. The highest BCUT2D eigenvalue weighted by Gasteiger charge is 2.30. The number of nitrogens with zero attached hydrogens (tertiary/aromatic N) is 1. The van der Waals surface area contributed by atoms with Gasteiger partial charge in [0.25, 0.3) is 5.91 Å². The number of nitrogens with one attached hydrogen (secondary N) is 1. The van der Waals surface area contributed by atoms with Crippen LogP contribution in [0.25, 0.3) is 11.1 Å². The number of fused-ring (bicyclic) bond motifs is 3. The lowest BCUT2D eigenvalue weighted by molar-refractivity contribution is -0.141. The van der Waals surface area contributed by atoms with Crippen LogP contribution >= 0.6 is 0 Å². The number of para-hydroxylation sites is 1. The van der Waals surface area contributed by atoms with Gasteiger partial charge in [0, 0.05) is 13.0 Å². The van der Waals surface area contributed by atoms with E-state index in [4.69, 9.17) is 4.74 Å². The fourth-order valence-electron chi connectivity index (χ4n) is 4.10. The van der Waals surface area contributed by atoms with Gasteiger partial charge in [0.2, 0.25) is 0 Å². The molecule has 3 aromatic rings. The van der Waals surface area contributed by atoms with E-state index in [2.05, 4.69) is 5.32 Å². The van der Waals surface area contributed by atoms with Gasteiger partial charge in [-0.1, -0.05) is 54.6 Å². The Morgan fingerprint density at radius 2 is 1.59 bits per heavy atom. The van der Waals surface area contributed by atoms with Crippen molar-refractivity contribution < 1.29 is 28.6 Å². The highest BCUT2D eigenvalue weighted by Crippen LogP contribution is 2.44. The number of halogens is 1. The third-order valence-electron chi connectivity index (χ3n) is 6.07. The molecular formula is C26H23FN2O5. The van der Waals surface area contributed by atoms with E-state index in [9.17, 15) is 23.9 Å². The zero-order chi connectivity index (χ0) is 24.4. The summed E-state index contributed by atoms with van der Waals surface area (Å²) in [5.41, 5.74) is 3.66. The van der Waals surface area contributed by atoms with Crippen LogP contribution in [0.3, 0.4) is 0 Å². The minimum atomic E-state index is -1.21. The van der Waals surface area contributed by atoms with Gasteiger partial charge in [-0.3, -0.25) is 10.1 Å². The molecular weight excluding hydrogens is 439 g/mol. The number of anilines is 1. The minimum Gasteiger partial charge on any atom is -0.480 e. The quantitative estimate of drug-likeness (QED) is 0.552. The van der Waals surface area contributed by atoms with Gasteiger partial charge in [-0.2, -0.15) is 0 Å². The molecule has 3 aromatic carbocycles. The molecule has 0 heterocycles. The van der Waals surface area contributed by atoms with Crippen LogP contribution in [0.15, 0.2) is 66.7 Å². The fraction of sp³-hybridized carbons (Fsp3) is 0.192. The van der Waals surface area contributed by atoms with Crippen molar-refractivity contribution in [1.29, 1.82) is 0 Å². The van der Waals surface area contributed by atoms with E-state index >= 15 is 0 Å². The molecule has 2 N–H and O–H groups in total. The summed E-state index contributed by atoms with van der Waals surface area (Å²) in [5, 5.41) is 11.5. The second kappa shape index (κ2) is 9.35. The standard InChI is InChI=1S/C26H23FN2O5/c1-15(25(31)32)29(2)24(30)20-12-7-13-22(27)23(20)28-26(33)34-14-21-18-10-5-3-8-16(18)17-9-4-6-11-19(17)21/h3-13,15,21H,14H2,1-2H3,(H,28,33)(H,31,32). The Bertz CT molecular complexity index is 1230. The van der Waals surface area contributed by atoms with Crippen molar-refractivity contribution in [2.45, 2.75) is 18.9 Å². The average molecular weight is 462 g/mol. The maximum Gasteiger partial charge on any atom is 0.411 e. The lowest BCUT2D eigenvalue weighted by atomic mass is 9.98. The van der Waals surface area contributed by atoms with Crippen LogP contribution in [0.4, 0.5) is 14.9 Å². The van der Waals surface area contributed by atoms with Crippen molar-refractivity contribution in [3.05, 3.63) is 89.2 Å². The van der Waals surface area contributed by atoms with Crippen molar-refractivity contribution in [3.8, 4) is 11.1 Å². The topological polar surface area (TPSA) is 95.9 Å². The molecule has 0 bridgehead atoms. The largest absolute Gasteiger partial charge is 0.480 e. The summed E-state index contributed by atoms with van der Waals surface area (Å²) in [6.07, 6.45) is -0.921. The molecule has 7 nitrogen and oxygen atoms in total. The number of likely N-dealkylation sites (N-methyl/N-ethyl adjacent to an activating group) is 1. The molecule has 0 aromatic heterocycles. The second-order valence-corrected chi connectivity index (χ2v) is 8.04. The molecule has 0 aliphatic heterocycles. The zero-order valence-corrected chi connectivity index (χ0v) is 18.6. The van der Waals surface area contributed by atoms with Gasteiger partial charge in [-0.15, -0.1) is 0 Å². The summed E-state index contributed by atoms with van der Waals surface area (Å²) in [7, 11) is 1.29. The summed E-state index contributed by atoms with van der Waals surface area (Å²) < 4.78 is 20.0. The molecule has 0 radical (unpaired) electrons. The summed E-state index contributed by atoms with van der Waals surface area (Å²) in [5.74, 6) is -2.97. The second-order valence-electron chi connectivity index (χ2n) is 8.04. The Morgan fingerprint density at radius 3 is 2.18 bits per heavy atom. The molecule has 0 saturated heterocycles. The van der Waals surface area contributed by atoms with Gasteiger partial charge in [-0.05, 0) is 41.3 Å². The van der Waals surface area contributed by atoms with Crippen molar-refractivity contribution in [3.63, 3.8) is 0 Å². The summed E-state index contributed by atoms with van der Waals surface area (Å²) in [6, 6.07) is 18.3. The van der Waals surface area contributed by atoms with Crippen LogP contribution in [-0.4, -0.2) is 47.7 Å². The number of carboxylic acid groups (broad SMARTS) is 1. The molecule has 1 unspecified atom stereocenters. The third kappa shape index (κ3) is 4.22. The number of carboxylic acids is 1. The van der Waals surface area contributed by atoms with E-state index in [0.29, 0.717) is 0 Å². The molecule has 174 valence electrons. The van der Waals surface area contributed by atoms with Crippen molar-refractivity contribution in [2.24, 2.45) is 0 Å². The number of carbonyl (C=O) groups excluding carboxylic acids is 2. The maximum atomic E-state index is 14.6. The Balaban J connectivity index is 1.52. The predicted molar refractivity (Wildman–Crippen MR) is 124 cm³/mol. The lowest BCUT2D eigenvalue weighted by Gasteiger charge is -2.23. The Labute approximate surface area is 195 Å². The number of hydrogen-bond donors (Lipinski definition) is 2. The van der Waals surface area contributed by atoms with Crippen LogP contribution in [0.1, 0.15) is 34.3 Å². The van der Waals surface area contributed by atoms with Crippen LogP contribution in [0, 0.1) is 5.82 Å². The summed E-state index contributed by atoms with van der Waals surface area (Å²) in [6.45, 7) is 1.35. The number of benzene rings is 3. The first-order chi connectivity index (χ1) is 16.3. The summed E-state index contributed by atoms with van der Waals surface area (Å²) in [4.78, 5) is 37.6. The summed E-state index contributed by atoms with van der Waals surface area (Å²) >= 11 is 0. The smallest absolute Gasteiger partial charge is 0.411 e. The Hall–Kier alpha value is -4.20. The van der Waals surface area contributed by atoms with Gasteiger partial charge < -0.3 is 14.7 Å². The van der Waals surface area contributed by atoms with Gasteiger partial charge in [0.1, 0.15) is 18.5 Å². The number of aliphatic carboxylic acids is 1. The van der Waals surface area contributed by atoms with Crippen molar-refractivity contribution in [2.75, 3.05) is 19.0 Å². The van der Waals surface area contributed by atoms with Crippen LogP contribution in [0.5, 0.6) is 0 Å². The minimum absolute atomic E-state index is 0.0214. The van der Waals surface area contributed by atoms with Crippen molar-refractivity contribution in [1.82, 2.24) is 4.90 Å². The first kappa shape index (κ1) is 23.0. The third-order valence-corrected chi connectivity index (χ3v) is 6.07. The van der Waals surface area contributed by atoms with E-state index in [1.54, 1.807) is 0 Å².